The number of rotatable bonds is 0. The molecule has 1 heterocycles. The lowest BCUT2D eigenvalue weighted by Gasteiger charge is -2.05. The monoisotopic (exact) mass is 207 g/mol. The highest BCUT2D eigenvalue weighted by atomic mass is 35.5. The van der Waals surface area contributed by atoms with Crippen LogP contribution in [0.15, 0.2) is 18.2 Å². The van der Waals surface area contributed by atoms with E-state index in [4.69, 9.17) is 11.6 Å². The summed E-state index contributed by atoms with van der Waals surface area (Å²) in [5.41, 5.74) is 2.43. The molecule has 3 heteroatoms. The predicted octanol–water partition coefficient (Wildman–Crippen LogP) is 3.21. The topological polar surface area (TPSA) is 33.1 Å². The van der Waals surface area contributed by atoms with E-state index < -0.39 is 0 Å². The first-order valence-electron chi connectivity index (χ1n) is 4.35. The van der Waals surface area contributed by atoms with Gasteiger partial charge in [-0.25, -0.2) is 4.98 Å². The lowest BCUT2D eigenvalue weighted by Crippen LogP contribution is -1.88. The van der Waals surface area contributed by atoms with E-state index in [9.17, 15) is 5.11 Å². The van der Waals surface area contributed by atoms with Crippen LogP contribution in [0.2, 0.25) is 5.02 Å². The van der Waals surface area contributed by atoms with E-state index in [1.807, 2.05) is 19.1 Å². The van der Waals surface area contributed by atoms with Crippen LogP contribution in [0.4, 0.5) is 0 Å². The van der Waals surface area contributed by atoms with E-state index in [1.165, 1.54) is 0 Å². The number of aromatic nitrogens is 1. The minimum atomic E-state index is 0.222. The average molecular weight is 208 g/mol. The third kappa shape index (κ3) is 1.32. The summed E-state index contributed by atoms with van der Waals surface area (Å²) in [5, 5.41) is 11.1. The van der Waals surface area contributed by atoms with Crippen molar-refractivity contribution in [2.75, 3.05) is 0 Å². The minimum Gasteiger partial charge on any atom is -0.506 e. The summed E-state index contributed by atoms with van der Waals surface area (Å²) in [4.78, 5) is 4.30. The van der Waals surface area contributed by atoms with Crippen molar-refractivity contribution in [3.63, 3.8) is 0 Å². The molecule has 1 N–H and O–H groups in total. The van der Waals surface area contributed by atoms with Gasteiger partial charge < -0.3 is 5.11 Å². The van der Waals surface area contributed by atoms with E-state index in [1.54, 1.807) is 13.0 Å². The number of benzene rings is 1. The number of fused-ring (bicyclic) bond motifs is 1. The third-order valence-electron chi connectivity index (χ3n) is 2.34. The fourth-order valence-electron chi connectivity index (χ4n) is 1.44. The molecule has 0 fully saturated rings. The summed E-state index contributed by atoms with van der Waals surface area (Å²) in [7, 11) is 0. The van der Waals surface area contributed by atoms with Crippen molar-refractivity contribution in [2.24, 2.45) is 0 Å². The second kappa shape index (κ2) is 3.14. The molecule has 0 radical (unpaired) electrons. The van der Waals surface area contributed by atoms with Crippen molar-refractivity contribution >= 4 is 22.5 Å². The molecule has 1 aromatic carbocycles. The summed E-state index contributed by atoms with van der Waals surface area (Å²) in [6.45, 7) is 3.70. The fourth-order valence-corrected chi connectivity index (χ4v) is 1.59. The molecule has 0 bridgehead atoms. The SMILES string of the molecule is Cc1nc2c(C)c(Cl)ccc2cc1O. The normalized spacial score (nSPS) is 10.8. The minimum absolute atomic E-state index is 0.222. The Hall–Kier alpha value is -1.28. The molecule has 0 unspecified atom stereocenters. The van der Waals surface area contributed by atoms with Gasteiger partial charge in [0.15, 0.2) is 0 Å². The van der Waals surface area contributed by atoms with Gasteiger partial charge in [-0.05, 0) is 31.5 Å². The van der Waals surface area contributed by atoms with Gasteiger partial charge in [0.2, 0.25) is 0 Å². The van der Waals surface area contributed by atoms with Crippen LogP contribution < -0.4 is 0 Å². The van der Waals surface area contributed by atoms with E-state index in [-0.39, 0.29) is 5.75 Å². The Bertz CT molecular complexity index is 508. The maximum atomic E-state index is 9.48. The number of aromatic hydroxyl groups is 1. The van der Waals surface area contributed by atoms with Crippen LogP contribution in [-0.4, -0.2) is 10.1 Å². The van der Waals surface area contributed by atoms with Gasteiger partial charge in [0.05, 0.1) is 11.2 Å². The summed E-state index contributed by atoms with van der Waals surface area (Å²) in [6, 6.07) is 5.38. The van der Waals surface area contributed by atoms with Gasteiger partial charge in [-0.1, -0.05) is 17.7 Å². The second-order valence-corrected chi connectivity index (χ2v) is 3.74. The quantitative estimate of drug-likeness (QED) is 0.720. The number of halogens is 1. The maximum Gasteiger partial charge on any atom is 0.137 e. The van der Waals surface area contributed by atoms with Crippen molar-refractivity contribution in [3.05, 3.63) is 34.5 Å². The first-order valence-corrected chi connectivity index (χ1v) is 4.73. The zero-order valence-corrected chi connectivity index (χ0v) is 8.76. The molecule has 14 heavy (non-hydrogen) atoms. The highest BCUT2D eigenvalue weighted by Gasteiger charge is 2.06. The Morgan fingerprint density at radius 2 is 2.00 bits per heavy atom. The van der Waals surface area contributed by atoms with Crippen LogP contribution in [0, 0.1) is 13.8 Å². The number of pyridine rings is 1. The van der Waals surface area contributed by atoms with Gasteiger partial charge in [-0.15, -0.1) is 0 Å². The molecule has 2 rings (SSSR count). The van der Waals surface area contributed by atoms with Crippen LogP contribution in [0.3, 0.4) is 0 Å². The standard InChI is InChI=1S/C11H10ClNO/c1-6-9(12)4-3-8-5-10(14)7(2)13-11(6)8/h3-5,14H,1-2H3. The maximum absolute atomic E-state index is 9.48. The molecule has 72 valence electrons. The van der Waals surface area contributed by atoms with Crippen molar-refractivity contribution in [1.29, 1.82) is 0 Å². The Balaban J connectivity index is 2.89. The zero-order chi connectivity index (χ0) is 10.3. The Morgan fingerprint density at radius 1 is 1.29 bits per heavy atom. The molecule has 0 atom stereocenters. The Kier molecular flexibility index (Phi) is 2.08. The molecule has 1 aromatic heterocycles. The van der Waals surface area contributed by atoms with E-state index in [2.05, 4.69) is 4.98 Å². The largest absolute Gasteiger partial charge is 0.506 e. The van der Waals surface area contributed by atoms with Gasteiger partial charge >= 0.3 is 0 Å². The average Bonchev–Trinajstić information content (AvgIpc) is 2.15. The predicted molar refractivity (Wildman–Crippen MR) is 57.9 cm³/mol. The first kappa shape index (κ1) is 9.28. The fraction of sp³-hybridized carbons (Fsp3) is 0.182. The van der Waals surface area contributed by atoms with E-state index in [0.29, 0.717) is 10.7 Å². The smallest absolute Gasteiger partial charge is 0.137 e. The summed E-state index contributed by atoms with van der Waals surface area (Å²) in [5.74, 6) is 0.222. The number of hydrogen-bond acceptors (Lipinski definition) is 2. The zero-order valence-electron chi connectivity index (χ0n) is 8.00. The van der Waals surface area contributed by atoms with Crippen molar-refractivity contribution in [2.45, 2.75) is 13.8 Å². The molecule has 2 aromatic rings. The van der Waals surface area contributed by atoms with Crippen molar-refractivity contribution < 1.29 is 5.11 Å². The number of hydrogen-bond donors (Lipinski definition) is 1. The summed E-state index contributed by atoms with van der Waals surface area (Å²) >= 11 is 5.98. The molecular formula is C11H10ClNO. The second-order valence-electron chi connectivity index (χ2n) is 3.34. The van der Waals surface area contributed by atoms with Crippen LogP contribution in [0.1, 0.15) is 11.3 Å². The van der Waals surface area contributed by atoms with Crippen molar-refractivity contribution in [1.82, 2.24) is 4.98 Å². The van der Waals surface area contributed by atoms with Crippen molar-refractivity contribution in [3.8, 4) is 5.75 Å². The Labute approximate surface area is 87.2 Å². The molecular weight excluding hydrogens is 198 g/mol. The lowest BCUT2D eigenvalue weighted by atomic mass is 10.1. The highest BCUT2D eigenvalue weighted by Crippen LogP contribution is 2.27. The molecule has 0 saturated heterocycles. The van der Waals surface area contributed by atoms with Crippen LogP contribution in [-0.2, 0) is 0 Å². The first-order chi connectivity index (χ1) is 6.59. The lowest BCUT2D eigenvalue weighted by molar-refractivity contribution is 0.469. The van der Waals surface area contributed by atoms with E-state index in [0.717, 1.165) is 16.5 Å². The Morgan fingerprint density at radius 3 is 2.71 bits per heavy atom. The molecule has 0 amide bonds. The van der Waals surface area contributed by atoms with Crippen LogP contribution >= 0.6 is 11.6 Å². The molecule has 0 aliphatic heterocycles. The van der Waals surface area contributed by atoms with Gasteiger partial charge in [-0.3, -0.25) is 0 Å². The van der Waals surface area contributed by atoms with Gasteiger partial charge in [0.25, 0.3) is 0 Å². The molecule has 2 nitrogen and oxygen atoms in total. The van der Waals surface area contributed by atoms with E-state index >= 15 is 0 Å². The molecule has 0 saturated carbocycles. The summed E-state index contributed by atoms with van der Waals surface area (Å²) < 4.78 is 0. The van der Waals surface area contributed by atoms with Gasteiger partial charge in [0, 0.05) is 10.4 Å². The van der Waals surface area contributed by atoms with Gasteiger partial charge in [0.1, 0.15) is 5.75 Å². The molecule has 0 aliphatic carbocycles. The highest BCUT2D eigenvalue weighted by molar-refractivity contribution is 6.32. The number of aryl methyl sites for hydroxylation is 2. The van der Waals surface area contributed by atoms with Gasteiger partial charge in [-0.2, -0.15) is 0 Å². The molecule has 0 aliphatic rings. The van der Waals surface area contributed by atoms with Crippen LogP contribution in [0.25, 0.3) is 10.9 Å². The summed E-state index contributed by atoms with van der Waals surface area (Å²) in [6.07, 6.45) is 0. The van der Waals surface area contributed by atoms with Crippen LogP contribution in [0.5, 0.6) is 5.75 Å². The number of nitrogens with zero attached hydrogens (tertiary/aromatic N) is 1. The molecule has 0 spiro atoms. The third-order valence-corrected chi connectivity index (χ3v) is 2.75.